The Morgan fingerprint density at radius 2 is 2.12 bits per heavy atom. The van der Waals surface area contributed by atoms with Gasteiger partial charge in [-0.05, 0) is 19.1 Å². The van der Waals surface area contributed by atoms with E-state index in [9.17, 15) is 4.79 Å². The van der Waals surface area contributed by atoms with Crippen molar-refractivity contribution in [3.63, 3.8) is 0 Å². The fourth-order valence-electron chi connectivity index (χ4n) is 1.25. The minimum absolute atomic E-state index is 0.348. The van der Waals surface area contributed by atoms with E-state index in [0.29, 0.717) is 16.8 Å². The quantitative estimate of drug-likeness (QED) is 0.567. The summed E-state index contributed by atoms with van der Waals surface area (Å²) < 4.78 is 5.15. The van der Waals surface area contributed by atoms with Gasteiger partial charge in [0.1, 0.15) is 0 Å². The highest BCUT2D eigenvalue weighted by Gasteiger charge is 2.09. The second kappa shape index (κ2) is 4.10. The van der Waals surface area contributed by atoms with Crippen LogP contribution in [-0.2, 0) is 4.79 Å². The standard InChI is InChI=1S/C12H10N2O2/c1-8(2)12(15)16-11-7-13-14-10-6-4-3-5-9(10)11/h3-7H,1H2,2H3. The lowest BCUT2D eigenvalue weighted by Gasteiger charge is -2.05. The van der Waals surface area contributed by atoms with Gasteiger partial charge in [0.2, 0.25) is 0 Å². The van der Waals surface area contributed by atoms with Crippen LogP contribution in [0, 0.1) is 0 Å². The van der Waals surface area contributed by atoms with Crippen molar-refractivity contribution in [1.29, 1.82) is 0 Å². The molecule has 0 saturated heterocycles. The predicted molar refractivity (Wildman–Crippen MR) is 60.0 cm³/mol. The van der Waals surface area contributed by atoms with E-state index >= 15 is 0 Å². The van der Waals surface area contributed by atoms with E-state index in [0.717, 1.165) is 5.39 Å². The average molecular weight is 214 g/mol. The van der Waals surface area contributed by atoms with Crippen LogP contribution in [0.25, 0.3) is 10.9 Å². The van der Waals surface area contributed by atoms with Gasteiger partial charge in [0.25, 0.3) is 0 Å². The summed E-state index contributed by atoms with van der Waals surface area (Å²) >= 11 is 0. The van der Waals surface area contributed by atoms with Crippen LogP contribution in [0.1, 0.15) is 6.92 Å². The van der Waals surface area contributed by atoms with Crippen LogP contribution in [0.15, 0.2) is 42.6 Å². The molecule has 80 valence electrons. The first-order valence-electron chi connectivity index (χ1n) is 4.76. The molecule has 0 aliphatic carbocycles. The average Bonchev–Trinajstić information content (AvgIpc) is 2.29. The summed E-state index contributed by atoms with van der Waals surface area (Å²) in [5.41, 5.74) is 1.04. The lowest BCUT2D eigenvalue weighted by molar-refractivity contribution is -0.130. The van der Waals surface area contributed by atoms with E-state index in [-0.39, 0.29) is 0 Å². The Bertz CT molecular complexity index is 558. The molecule has 0 spiro atoms. The van der Waals surface area contributed by atoms with E-state index in [2.05, 4.69) is 16.8 Å². The molecule has 0 N–H and O–H groups in total. The molecule has 1 aromatic carbocycles. The molecule has 0 unspecified atom stereocenters. The molecular formula is C12H10N2O2. The molecular weight excluding hydrogens is 204 g/mol. The molecule has 0 aliphatic heterocycles. The maximum Gasteiger partial charge on any atom is 0.338 e. The summed E-state index contributed by atoms with van der Waals surface area (Å²) in [7, 11) is 0. The molecule has 0 amide bonds. The Kier molecular flexibility index (Phi) is 2.64. The Labute approximate surface area is 92.6 Å². The van der Waals surface area contributed by atoms with Gasteiger partial charge in [0, 0.05) is 11.0 Å². The van der Waals surface area contributed by atoms with Gasteiger partial charge in [-0.2, -0.15) is 10.2 Å². The summed E-state index contributed by atoms with van der Waals surface area (Å²) in [6.45, 7) is 5.12. The first kappa shape index (κ1) is 10.3. The lowest BCUT2D eigenvalue weighted by Crippen LogP contribution is -2.08. The fourth-order valence-corrected chi connectivity index (χ4v) is 1.25. The van der Waals surface area contributed by atoms with Crippen molar-refractivity contribution in [3.8, 4) is 5.75 Å². The number of aromatic nitrogens is 2. The Balaban J connectivity index is 2.45. The van der Waals surface area contributed by atoms with Crippen LogP contribution < -0.4 is 4.74 Å². The van der Waals surface area contributed by atoms with E-state index < -0.39 is 5.97 Å². The first-order valence-corrected chi connectivity index (χ1v) is 4.76. The second-order valence-corrected chi connectivity index (χ2v) is 3.40. The summed E-state index contributed by atoms with van der Waals surface area (Å²) in [6.07, 6.45) is 1.42. The molecule has 0 fully saturated rings. The van der Waals surface area contributed by atoms with Crippen LogP contribution in [-0.4, -0.2) is 16.2 Å². The third-order valence-corrected chi connectivity index (χ3v) is 2.06. The van der Waals surface area contributed by atoms with Crippen LogP contribution in [0.2, 0.25) is 0 Å². The summed E-state index contributed by atoms with van der Waals surface area (Å²) in [5, 5.41) is 8.46. The van der Waals surface area contributed by atoms with Crippen molar-refractivity contribution in [3.05, 3.63) is 42.6 Å². The van der Waals surface area contributed by atoms with Gasteiger partial charge in [-0.3, -0.25) is 0 Å². The van der Waals surface area contributed by atoms with Crippen LogP contribution in [0.3, 0.4) is 0 Å². The highest BCUT2D eigenvalue weighted by molar-refractivity contribution is 5.92. The van der Waals surface area contributed by atoms with E-state index in [1.54, 1.807) is 13.0 Å². The number of fused-ring (bicyclic) bond motifs is 1. The molecule has 2 rings (SSSR count). The number of benzene rings is 1. The zero-order valence-electron chi connectivity index (χ0n) is 8.80. The monoisotopic (exact) mass is 214 g/mol. The minimum atomic E-state index is -0.460. The molecule has 1 aromatic heterocycles. The van der Waals surface area contributed by atoms with Crippen LogP contribution in [0.4, 0.5) is 0 Å². The van der Waals surface area contributed by atoms with E-state index in [4.69, 9.17) is 4.74 Å². The summed E-state index contributed by atoms with van der Waals surface area (Å²) in [6, 6.07) is 7.33. The van der Waals surface area contributed by atoms with E-state index in [1.807, 2.05) is 18.2 Å². The molecule has 2 aromatic rings. The lowest BCUT2D eigenvalue weighted by atomic mass is 10.2. The SMILES string of the molecule is C=C(C)C(=O)Oc1cnnc2ccccc12. The number of ether oxygens (including phenoxy) is 1. The molecule has 0 bridgehead atoms. The van der Waals surface area contributed by atoms with E-state index in [1.165, 1.54) is 6.20 Å². The van der Waals surface area contributed by atoms with Crippen molar-refractivity contribution in [2.75, 3.05) is 0 Å². The fraction of sp³-hybridized carbons (Fsp3) is 0.0833. The smallest absolute Gasteiger partial charge is 0.338 e. The third-order valence-electron chi connectivity index (χ3n) is 2.06. The molecule has 0 radical (unpaired) electrons. The number of hydrogen-bond acceptors (Lipinski definition) is 4. The highest BCUT2D eigenvalue weighted by Crippen LogP contribution is 2.22. The van der Waals surface area contributed by atoms with Crippen molar-refractivity contribution in [2.24, 2.45) is 0 Å². The molecule has 4 nitrogen and oxygen atoms in total. The van der Waals surface area contributed by atoms with Gasteiger partial charge in [-0.15, -0.1) is 0 Å². The maximum absolute atomic E-state index is 11.4. The largest absolute Gasteiger partial charge is 0.421 e. The van der Waals surface area contributed by atoms with Crippen LogP contribution in [0.5, 0.6) is 5.75 Å². The number of carbonyl (C=O) groups excluding carboxylic acids is 1. The van der Waals surface area contributed by atoms with Gasteiger partial charge in [-0.25, -0.2) is 4.79 Å². The topological polar surface area (TPSA) is 52.1 Å². The van der Waals surface area contributed by atoms with Crippen molar-refractivity contribution < 1.29 is 9.53 Å². The van der Waals surface area contributed by atoms with Gasteiger partial charge in [0.05, 0.1) is 11.7 Å². The van der Waals surface area contributed by atoms with Crippen molar-refractivity contribution in [1.82, 2.24) is 10.2 Å². The number of hydrogen-bond donors (Lipinski definition) is 0. The van der Waals surface area contributed by atoms with Gasteiger partial charge >= 0.3 is 5.97 Å². The molecule has 0 aliphatic rings. The molecule has 1 heterocycles. The minimum Gasteiger partial charge on any atom is -0.421 e. The molecule has 0 atom stereocenters. The number of carbonyl (C=O) groups is 1. The highest BCUT2D eigenvalue weighted by atomic mass is 16.5. The van der Waals surface area contributed by atoms with Gasteiger partial charge in [0.15, 0.2) is 5.75 Å². The zero-order valence-corrected chi connectivity index (χ0v) is 8.80. The second-order valence-electron chi connectivity index (χ2n) is 3.40. The van der Waals surface area contributed by atoms with Crippen molar-refractivity contribution in [2.45, 2.75) is 6.92 Å². The Hall–Kier alpha value is -2.23. The molecule has 4 heteroatoms. The van der Waals surface area contributed by atoms with Crippen LogP contribution >= 0.6 is 0 Å². The number of rotatable bonds is 2. The molecule has 16 heavy (non-hydrogen) atoms. The summed E-state index contributed by atoms with van der Waals surface area (Å²) in [4.78, 5) is 11.4. The normalized spacial score (nSPS) is 10.1. The Morgan fingerprint density at radius 3 is 2.88 bits per heavy atom. The number of esters is 1. The molecule has 0 saturated carbocycles. The zero-order chi connectivity index (χ0) is 11.5. The predicted octanol–water partition coefficient (Wildman–Crippen LogP) is 2.11. The van der Waals surface area contributed by atoms with Crippen molar-refractivity contribution >= 4 is 16.9 Å². The summed E-state index contributed by atoms with van der Waals surface area (Å²) in [5.74, 6) is -0.0586. The number of nitrogens with zero attached hydrogens (tertiary/aromatic N) is 2. The Morgan fingerprint density at radius 1 is 1.38 bits per heavy atom. The third kappa shape index (κ3) is 1.91. The van der Waals surface area contributed by atoms with Gasteiger partial charge in [-0.1, -0.05) is 18.7 Å². The van der Waals surface area contributed by atoms with Gasteiger partial charge < -0.3 is 4.74 Å². The first-order chi connectivity index (χ1) is 7.68. The maximum atomic E-state index is 11.4.